The van der Waals surface area contributed by atoms with Crippen molar-refractivity contribution in [2.45, 2.75) is 12.6 Å². The van der Waals surface area contributed by atoms with Gasteiger partial charge in [0.15, 0.2) is 0 Å². The second kappa shape index (κ2) is 7.29. The van der Waals surface area contributed by atoms with Crippen molar-refractivity contribution >= 4 is 34.1 Å². The van der Waals surface area contributed by atoms with Gasteiger partial charge in [0.1, 0.15) is 5.17 Å². The molecule has 3 N–H and O–H groups in total. The van der Waals surface area contributed by atoms with E-state index >= 15 is 0 Å². The van der Waals surface area contributed by atoms with Gasteiger partial charge in [-0.15, -0.1) is 0 Å². The van der Waals surface area contributed by atoms with Gasteiger partial charge in [-0.2, -0.15) is 5.10 Å². The van der Waals surface area contributed by atoms with E-state index in [2.05, 4.69) is 22.6 Å². The minimum absolute atomic E-state index is 0.123. The number of hydrogen-bond donors (Lipinski definition) is 2. The number of halogens is 1. The number of nitrogen functional groups attached to an aromatic ring is 1. The van der Waals surface area contributed by atoms with Crippen molar-refractivity contribution in [3.8, 4) is 0 Å². The summed E-state index contributed by atoms with van der Waals surface area (Å²) in [4.78, 5) is 12.4. The van der Waals surface area contributed by atoms with Gasteiger partial charge in [-0.1, -0.05) is 60.2 Å². The van der Waals surface area contributed by atoms with Gasteiger partial charge in [-0.3, -0.25) is 9.80 Å². The van der Waals surface area contributed by atoms with Crippen molar-refractivity contribution in [3.63, 3.8) is 0 Å². The number of nitrogens with one attached hydrogen (secondary N) is 1. The lowest BCUT2D eigenvalue weighted by Gasteiger charge is -2.25. The summed E-state index contributed by atoms with van der Waals surface area (Å²) in [6.07, 6.45) is 8.19. The molecule has 5 nitrogen and oxygen atoms in total. The Morgan fingerprint density at radius 3 is 2.63 bits per heavy atom. The van der Waals surface area contributed by atoms with E-state index in [-0.39, 0.29) is 17.9 Å². The summed E-state index contributed by atoms with van der Waals surface area (Å²) in [6, 6.07) is 14.8. The van der Waals surface area contributed by atoms with E-state index in [0.717, 1.165) is 5.56 Å². The Kier molecular flexibility index (Phi) is 4.69. The number of hydrogen-bond acceptors (Lipinski definition) is 4. The normalized spacial score (nSPS) is 20.3. The Morgan fingerprint density at radius 2 is 1.85 bits per heavy atom. The number of nitrogens with zero attached hydrogens (tertiary/aromatic N) is 2. The molecule has 0 aromatic heterocycles. The fraction of sp³-hybridized carbons (Fsp3) is 0.143. The van der Waals surface area contributed by atoms with E-state index in [1.165, 1.54) is 0 Å². The summed E-state index contributed by atoms with van der Waals surface area (Å²) in [5, 5.41) is 9.89. The van der Waals surface area contributed by atoms with Crippen LogP contribution in [0.2, 0.25) is 0 Å². The van der Waals surface area contributed by atoms with Crippen LogP contribution in [0.1, 0.15) is 15.9 Å². The highest BCUT2D eigenvalue weighted by molar-refractivity contribution is 6.66. The van der Waals surface area contributed by atoms with Gasteiger partial charge in [-0.05, 0) is 29.8 Å². The first kappa shape index (κ1) is 17.4. The Hall–Kier alpha value is -3.05. The number of amides is 1. The van der Waals surface area contributed by atoms with Crippen LogP contribution in [-0.2, 0) is 6.54 Å². The van der Waals surface area contributed by atoms with Crippen LogP contribution in [0.4, 0.5) is 11.4 Å². The van der Waals surface area contributed by atoms with Crippen molar-refractivity contribution in [1.29, 1.82) is 0 Å². The highest BCUT2D eigenvalue weighted by Gasteiger charge is 2.33. The summed E-state index contributed by atoms with van der Waals surface area (Å²) in [6.45, 7) is 0.628. The molecule has 0 fully saturated rings. The maximum absolute atomic E-state index is 12.4. The first-order valence-electron chi connectivity index (χ1n) is 8.72. The van der Waals surface area contributed by atoms with E-state index in [1.807, 2.05) is 41.4 Å². The number of benzene rings is 2. The van der Waals surface area contributed by atoms with Crippen LogP contribution >= 0.6 is 11.6 Å². The number of nitrogens with two attached hydrogens (primary N) is 1. The third-order valence-corrected chi connectivity index (χ3v) is 5.05. The summed E-state index contributed by atoms with van der Waals surface area (Å²) in [5.41, 5.74) is 8.65. The van der Waals surface area contributed by atoms with Gasteiger partial charge >= 0.3 is 0 Å². The maximum atomic E-state index is 12.4. The zero-order valence-corrected chi connectivity index (χ0v) is 15.3. The van der Waals surface area contributed by atoms with Gasteiger partial charge < -0.3 is 11.1 Å². The Balaban J connectivity index is 1.43. The van der Waals surface area contributed by atoms with Crippen LogP contribution in [-0.4, -0.2) is 22.1 Å². The molecule has 2 unspecified atom stereocenters. The molecular weight excluding hydrogens is 360 g/mol. The molecule has 2 aliphatic rings. The minimum atomic E-state index is -0.192. The molecule has 1 aliphatic carbocycles. The molecule has 1 amide bonds. The molecule has 6 heteroatoms. The molecule has 27 heavy (non-hydrogen) atoms. The number of rotatable bonds is 4. The van der Waals surface area contributed by atoms with Crippen LogP contribution in [0.5, 0.6) is 0 Å². The fourth-order valence-corrected chi connectivity index (χ4v) is 3.55. The molecule has 2 atom stereocenters. The average Bonchev–Trinajstić information content (AvgIpc) is 3.00. The van der Waals surface area contributed by atoms with Crippen LogP contribution in [0.25, 0.3) is 0 Å². The van der Waals surface area contributed by atoms with Gasteiger partial charge in [0.2, 0.25) is 0 Å². The van der Waals surface area contributed by atoms with Crippen molar-refractivity contribution in [1.82, 2.24) is 5.01 Å². The second-order valence-electron chi connectivity index (χ2n) is 6.54. The summed E-state index contributed by atoms with van der Waals surface area (Å²) < 4.78 is 0. The van der Waals surface area contributed by atoms with Gasteiger partial charge in [-0.25, -0.2) is 0 Å². The Morgan fingerprint density at radius 1 is 1.11 bits per heavy atom. The van der Waals surface area contributed by atoms with Gasteiger partial charge in [0, 0.05) is 5.56 Å². The lowest BCUT2D eigenvalue weighted by molar-refractivity contribution is 0.102. The number of fused-ring (bicyclic) bond motifs is 1. The number of para-hydroxylation sites is 2. The molecule has 4 rings (SSSR count). The third kappa shape index (κ3) is 3.59. The zero-order valence-electron chi connectivity index (χ0n) is 14.5. The van der Waals surface area contributed by atoms with Crippen molar-refractivity contribution in [2.24, 2.45) is 11.0 Å². The second-order valence-corrected chi connectivity index (χ2v) is 6.93. The highest BCUT2D eigenvalue weighted by atomic mass is 35.5. The molecule has 136 valence electrons. The van der Waals surface area contributed by atoms with E-state index in [4.69, 9.17) is 17.3 Å². The lowest BCUT2D eigenvalue weighted by Crippen LogP contribution is -2.30. The average molecular weight is 379 g/mol. The van der Waals surface area contributed by atoms with Gasteiger partial charge in [0.25, 0.3) is 5.91 Å². The van der Waals surface area contributed by atoms with Crippen LogP contribution in [0.3, 0.4) is 0 Å². The standard InChI is InChI=1S/C21H19ClN4O/c22-20-16-5-1-4-8-19(16)26(25-20)13-14-9-11-15(12-10-14)21(27)24-18-7-3-2-6-17(18)23/h1-12,16,19H,13,23H2,(H,24,27). The quantitative estimate of drug-likeness (QED) is 0.790. The first-order valence-corrected chi connectivity index (χ1v) is 9.10. The smallest absolute Gasteiger partial charge is 0.255 e. The summed E-state index contributed by atoms with van der Waals surface area (Å²) in [7, 11) is 0. The predicted molar refractivity (Wildman–Crippen MR) is 110 cm³/mol. The summed E-state index contributed by atoms with van der Waals surface area (Å²) >= 11 is 6.26. The third-order valence-electron chi connectivity index (χ3n) is 4.72. The first-order chi connectivity index (χ1) is 13.1. The topological polar surface area (TPSA) is 70.7 Å². The van der Waals surface area contributed by atoms with Crippen LogP contribution in [0, 0.1) is 5.92 Å². The molecule has 0 bridgehead atoms. The van der Waals surface area contributed by atoms with Crippen LogP contribution in [0.15, 0.2) is 77.9 Å². The largest absolute Gasteiger partial charge is 0.397 e. The highest BCUT2D eigenvalue weighted by Crippen LogP contribution is 2.30. The molecular formula is C21H19ClN4O. The predicted octanol–water partition coefficient (Wildman–Crippen LogP) is 4.00. The van der Waals surface area contributed by atoms with Crippen LogP contribution < -0.4 is 11.1 Å². The Labute approximate surface area is 162 Å². The molecule has 2 aromatic carbocycles. The van der Waals surface area contributed by atoms with Gasteiger partial charge in [0.05, 0.1) is 29.9 Å². The van der Waals surface area contributed by atoms with E-state index < -0.39 is 0 Å². The maximum Gasteiger partial charge on any atom is 0.255 e. The molecule has 2 aromatic rings. The number of allylic oxidation sites excluding steroid dienone is 2. The lowest BCUT2D eigenvalue weighted by atomic mass is 9.96. The zero-order chi connectivity index (χ0) is 18.8. The number of carbonyl (C=O) groups is 1. The molecule has 0 radical (unpaired) electrons. The Bertz CT molecular complexity index is 949. The van der Waals surface area contributed by atoms with Crippen molar-refractivity contribution in [2.75, 3.05) is 11.1 Å². The summed E-state index contributed by atoms with van der Waals surface area (Å²) in [5.74, 6) is -0.0693. The van der Waals surface area contributed by atoms with E-state index in [9.17, 15) is 4.79 Å². The minimum Gasteiger partial charge on any atom is -0.397 e. The number of anilines is 2. The SMILES string of the molecule is Nc1ccccc1NC(=O)c1ccc(CN2N=C(Cl)C3C=CC=CC32)cc1. The molecule has 0 spiro atoms. The van der Waals surface area contributed by atoms with E-state index in [1.54, 1.807) is 24.3 Å². The molecule has 0 saturated carbocycles. The molecule has 1 aliphatic heterocycles. The number of hydrazone groups is 1. The molecule has 0 saturated heterocycles. The van der Waals surface area contributed by atoms with Crippen molar-refractivity contribution in [3.05, 3.63) is 84.0 Å². The monoisotopic (exact) mass is 378 g/mol. The fourth-order valence-electron chi connectivity index (χ4n) is 3.25. The van der Waals surface area contributed by atoms with E-state index in [0.29, 0.717) is 28.7 Å². The van der Waals surface area contributed by atoms with Crippen molar-refractivity contribution < 1.29 is 4.79 Å². The number of carbonyl (C=O) groups excluding carboxylic acids is 1. The molecule has 1 heterocycles.